The molecule has 148 valence electrons. The minimum absolute atomic E-state index is 0.154. The molecule has 1 fully saturated rings. The van der Waals surface area contributed by atoms with E-state index in [1.54, 1.807) is 0 Å². The fraction of sp³-hybridized carbons (Fsp3) is 0.353. The normalized spacial score (nSPS) is 27.2. The number of imidazole rings is 1. The molecular formula is C17H17ClFN5O4. The van der Waals surface area contributed by atoms with Crippen molar-refractivity contribution in [2.75, 3.05) is 5.73 Å². The molecule has 1 aliphatic heterocycles. The maximum Gasteiger partial charge on any atom is 0.167 e. The standard InChI is InChI=1S/C17H17ClFN5O4/c1-17(27,7-2-3-9(19)8(18)4-7)13-11(25)12(26)16(28-13)24-6-23-10-14(20)21-5-22-15(10)24/h2-6,11-13,16,25-27H,1H3,(H2,20,21,22)/t11-,12+,13-,16+,17+/m0/s1. The van der Waals surface area contributed by atoms with Gasteiger partial charge in [-0.25, -0.2) is 19.3 Å². The number of nitrogens with zero attached hydrogens (tertiary/aromatic N) is 4. The van der Waals surface area contributed by atoms with Crippen molar-refractivity contribution in [2.45, 2.75) is 37.1 Å². The highest BCUT2D eigenvalue weighted by molar-refractivity contribution is 6.30. The Balaban J connectivity index is 1.71. The number of fused-ring (bicyclic) bond motifs is 1. The molecule has 0 aliphatic carbocycles. The van der Waals surface area contributed by atoms with Crippen molar-refractivity contribution in [1.29, 1.82) is 0 Å². The average molecular weight is 410 g/mol. The lowest BCUT2D eigenvalue weighted by Crippen LogP contribution is -2.45. The summed E-state index contributed by atoms with van der Waals surface area (Å²) in [5.74, 6) is -0.490. The molecule has 0 spiro atoms. The maximum absolute atomic E-state index is 13.5. The van der Waals surface area contributed by atoms with Gasteiger partial charge in [-0.05, 0) is 24.6 Å². The monoisotopic (exact) mass is 409 g/mol. The van der Waals surface area contributed by atoms with Crippen molar-refractivity contribution < 1.29 is 24.4 Å². The van der Waals surface area contributed by atoms with E-state index in [0.717, 1.165) is 6.07 Å². The zero-order valence-electron chi connectivity index (χ0n) is 14.6. The van der Waals surface area contributed by atoms with Crippen LogP contribution in [0.15, 0.2) is 30.9 Å². The van der Waals surface area contributed by atoms with Crippen molar-refractivity contribution in [3.05, 3.63) is 47.3 Å². The van der Waals surface area contributed by atoms with Gasteiger partial charge in [0, 0.05) is 0 Å². The van der Waals surface area contributed by atoms with Gasteiger partial charge in [0.1, 0.15) is 41.6 Å². The van der Waals surface area contributed by atoms with E-state index >= 15 is 0 Å². The number of aromatic nitrogens is 4. The van der Waals surface area contributed by atoms with Gasteiger partial charge < -0.3 is 25.8 Å². The van der Waals surface area contributed by atoms with Gasteiger partial charge in [0.05, 0.1) is 11.3 Å². The third-order valence-electron chi connectivity index (χ3n) is 4.96. The lowest BCUT2D eigenvalue weighted by molar-refractivity contribution is -0.136. The molecule has 0 unspecified atom stereocenters. The number of rotatable bonds is 3. The molecule has 4 rings (SSSR count). The first-order valence-corrected chi connectivity index (χ1v) is 8.72. The molecule has 0 amide bonds. The van der Waals surface area contributed by atoms with Crippen LogP contribution in [0.4, 0.5) is 10.2 Å². The zero-order valence-corrected chi connectivity index (χ0v) is 15.3. The first-order chi connectivity index (χ1) is 13.2. The molecule has 5 N–H and O–H groups in total. The topological polar surface area (TPSA) is 140 Å². The largest absolute Gasteiger partial charge is 0.387 e. The number of hydrogen-bond donors (Lipinski definition) is 4. The molecule has 0 saturated carbocycles. The van der Waals surface area contributed by atoms with E-state index < -0.39 is 36.0 Å². The summed E-state index contributed by atoms with van der Waals surface area (Å²) in [5.41, 5.74) is 4.82. The minimum atomic E-state index is -1.78. The second-order valence-corrected chi connectivity index (χ2v) is 7.20. The van der Waals surface area contributed by atoms with Crippen LogP contribution in [0.1, 0.15) is 18.7 Å². The molecule has 1 saturated heterocycles. The molecule has 3 heterocycles. The number of hydrogen-bond acceptors (Lipinski definition) is 8. The van der Waals surface area contributed by atoms with Gasteiger partial charge in [-0.3, -0.25) is 4.57 Å². The minimum Gasteiger partial charge on any atom is -0.387 e. The van der Waals surface area contributed by atoms with E-state index in [4.69, 9.17) is 22.1 Å². The Morgan fingerprint density at radius 1 is 1.25 bits per heavy atom. The van der Waals surface area contributed by atoms with E-state index in [9.17, 15) is 19.7 Å². The quantitative estimate of drug-likeness (QED) is 0.496. The molecule has 1 aromatic carbocycles. The van der Waals surface area contributed by atoms with Crippen molar-refractivity contribution in [3.8, 4) is 0 Å². The highest BCUT2D eigenvalue weighted by atomic mass is 35.5. The Labute approximate surface area is 163 Å². The van der Waals surface area contributed by atoms with Crippen LogP contribution in [-0.2, 0) is 10.3 Å². The summed E-state index contributed by atoms with van der Waals surface area (Å²) < 4.78 is 20.7. The van der Waals surface area contributed by atoms with Gasteiger partial charge in [-0.2, -0.15) is 0 Å². The van der Waals surface area contributed by atoms with E-state index in [2.05, 4.69) is 15.0 Å². The zero-order chi connectivity index (χ0) is 20.2. The van der Waals surface area contributed by atoms with Crippen LogP contribution in [0.5, 0.6) is 0 Å². The van der Waals surface area contributed by atoms with E-state index in [-0.39, 0.29) is 16.4 Å². The van der Waals surface area contributed by atoms with Gasteiger partial charge in [0.2, 0.25) is 0 Å². The molecule has 5 atom stereocenters. The second-order valence-electron chi connectivity index (χ2n) is 6.79. The summed E-state index contributed by atoms with van der Waals surface area (Å²) in [4.78, 5) is 12.0. The summed E-state index contributed by atoms with van der Waals surface area (Å²) in [6.45, 7) is 1.38. The van der Waals surface area contributed by atoms with Crippen LogP contribution in [0, 0.1) is 5.82 Å². The summed E-state index contributed by atoms with van der Waals surface area (Å²) >= 11 is 5.80. The van der Waals surface area contributed by atoms with Crippen LogP contribution in [0.25, 0.3) is 11.2 Å². The van der Waals surface area contributed by atoms with Crippen LogP contribution in [0.3, 0.4) is 0 Å². The van der Waals surface area contributed by atoms with Crippen LogP contribution >= 0.6 is 11.6 Å². The number of benzene rings is 1. The third kappa shape index (κ3) is 2.81. The Hall–Kier alpha value is -2.37. The highest BCUT2D eigenvalue weighted by Gasteiger charge is 2.52. The van der Waals surface area contributed by atoms with Gasteiger partial charge in [0.25, 0.3) is 0 Å². The van der Waals surface area contributed by atoms with Crippen molar-refractivity contribution in [1.82, 2.24) is 19.5 Å². The molecule has 2 aromatic heterocycles. The van der Waals surface area contributed by atoms with E-state index in [0.29, 0.717) is 11.2 Å². The fourth-order valence-electron chi connectivity index (χ4n) is 3.39. The van der Waals surface area contributed by atoms with Crippen molar-refractivity contribution >= 4 is 28.6 Å². The first kappa shape index (κ1) is 19.0. The molecule has 0 bridgehead atoms. The van der Waals surface area contributed by atoms with Gasteiger partial charge in [-0.15, -0.1) is 0 Å². The molecule has 3 aromatic rings. The van der Waals surface area contributed by atoms with E-state index in [1.807, 2.05) is 0 Å². The number of aliphatic hydroxyl groups is 3. The molecule has 28 heavy (non-hydrogen) atoms. The third-order valence-corrected chi connectivity index (χ3v) is 5.25. The Morgan fingerprint density at radius 3 is 2.71 bits per heavy atom. The molecular weight excluding hydrogens is 393 g/mol. The first-order valence-electron chi connectivity index (χ1n) is 8.34. The number of ether oxygens (including phenoxy) is 1. The van der Waals surface area contributed by atoms with Crippen molar-refractivity contribution in [3.63, 3.8) is 0 Å². The molecule has 9 nitrogen and oxygen atoms in total. The predicted octanol–water partition coefficient (Wildman–Crippen LogP) is 0.728. The van der Waals surface area contributed by atoms with Gasteiger partial charge >= 0.3 is 0 Å². The summed E-state index contributed by atoms with van der Waals surface area (Å²) in [6, 6.07) is 3.68. The Bertz CT molecular complexity index is 1050. The predicted molar refractivity (Wildman–Crippen MR) is 96.6 cm³/mol. The molecule has 1 aliphatic rings. The van der Waals surface area contributed by atoms with Crippen LogP contribution < -0.4 is 5.73 Å². The van der Waals surface area contributed by atoms with Crippen LogP contribution in [0.2, 0.25) is 5.02 Å². The summed E-state index contributed by atoms with van der Waals surface area (Å²) in [5, 5.41) is 31.9. The lowest BCUT2D eigenvalue weighted by atomic mass is 9.87. The van der Waals surface area contributed by atoms with Crippen molar-refractivity contribution in [2.24, 2.45) is 0 Å². The highest BCUT2D eigenvalue weighted by Crippen LogP contribution is 2.41. The second kappa shape index (κ2) is 6.61. The average Bonchev–Trinajstić information content (AvgIpc) is 3.20. The number of nitrogen functional groups attached to an aromatic ring is 1. The number of aliphatic hydroxyl groups excluding tert-OH is 2. The van der Waals surface area contributed by atoms with Gasteiger partial charge in [-0.1, -0.05) is 17.7 Å². The smallest absolute Gasteiger partial charge is 0.167 e. The fourth-order valence-corrected chi connectivity index (χ4v) is 3.57. The number of anilines is 1. The molecule has 11 heteroatoms. The Kier molecular flexibility index (Phi) is 4.47. The number of nitrogens with two attached hydrogens (primary N) is 1. The number of halogens is 2. The van der Waals surface area contributed by atoms with Crippen LogP contribution in [-0.4, -0.2) is 53.2 Å². The summed E-state index contributed by atoms with van der Waals surface area (Å²) in [6.07, 6.45) is -2.61. The van der Waals surface area contributed by atoms with Gasteiger partial charge in [0.15, 0.2) is 17.7 Å². The lowest BCUT2D eigenvalue weighted by Gasteiger charge is -2.32. The Morgan fingerprint density at radius 2 is 2.00 bits per heavy atom. The SMILES string of the molecule is C[C@@](O)(c1ccc(F)c(Cl)c1)[C@H]1O[C@@H](n2cnc3c(N)ncnc32)[C@H](O)[C@@H]1O. The van der Waals surface area contributed by atoms with E-state index in [1.165, 1.54) is 36.3 Å². The maximum atomic E-state index is 13.5. The summed E-state index contributed by atoms with van der Waals surface area (Å²) in [7, 11) is 0. The molecule has 0 radical (unpaired) electrons.